The Bertz CT molecular complexity index is 236. The van der Waals surface area contributed by atoms with Crippen molar-refractivity contribution in [3.8, 4) is 0 Å². The average molecular weight is 224 g/mol. The van der Waals surface area contributed by atoms with Crippen molar-refractivity contribution in [2.24, 2.45) is 17.6 Å². The molecule has 2 rings (SSSR count). The molecule has 0 radical (unpaired) electrons. The number of amides is 1. The average Bonchev–Trinajstić information content (AvgIpc) is 2.88. The Balaban J connectivity index is 1.63. The van der Waals surface area contributed by atoms with E-state index in [1.54, 1.807) is 0 Å². The molecule has 0 heterocycles. The number of carbonyl (C=O) groups excluding carboxylic acids is 1. The van der Waals surface area contributed by atoms with Crippen LogP contribution < -0.4 is 11.1 Å². The van der Waals surface area contributed by atoms with Crippen molar-refractivity contribution in [2.75, 3.05) is 6.54 Å². The van der Waals surface area contributed by atoms with E-state index in [2.05, 4.69) is 5.32 Å². The molecule has 0 unspecified atom stereocenters. The predicted molar refractivity (Wildman–Crippen MR) is 64.9 cm³/mol. The Hall–Kier alpha value is -0.570. The molecule has 2 saturated carbocycles. The summed E-state index contributed by atoms with van der Waals surface area (Å²) in [5.74, 6) is 1.39. The number of nitrogens with one attached hydrogen (secondary N) is 1. The van der Waals surface area contributed by atoms with Crippen LogP contribution in [0.1, 0.15) is 51.4 Å². The number of hydrogen-bond donors (Lipinski definition) is 2. The predicted octanol–water partition coefficient (Wildman–Crippen LogP) is 1.81. The molecule has 92 valence electrons. The summed E-state index contributed by atoms with van der Waals surface area (Å²) in [4.78, 5) is 11.7. The van der Waals surface area contributed by atoms with Crippen molar-refractivity contribution in [3.05, 3.63) is 0 Å². The molecule has 0 aromatic carbocycles. The Labute approximate surface area is 98.2 Å². The van der Waals surface area contributed by atoms with Gasteiger partial charge >= 0.3 is 0 Å². The van der Waals surface area contributed by atoms with E-state index in [0.29, 0.717) is 12.3 Å². The molecule has 0 aromatic rings. The van der Waals surface area contributed by atoms with Crippen molar-refractivity contribution in [2.45, 2.75) is 57.4 Å². The summed E-state index contributed by atoms with van der Waals surface area (Å²) in [6.07, 6.45) is 9.35. The lowest BCUT2D eigenvalue weighted by Crippen LogP contribution is -2.33. The van der Waals surface area contributed by atoms with Gasteiger partial charge in [0.2, 0.25) is 5.91 Å². The van der Waals surface area contributed by atoms with Gasteiger partial charge in [-0.25, -0.2) is 0 Å². The van der Waals surface area contributed by atoms with Gasteiger partial charge in [0.05, 0.1) is 0 Å². The second-order valence-corrected chi connectivity index (χ2v) is 5.51. The SMILES string of the molecule is N[C@@H]1CCC[C@H]1CC(=O)NCC1CCCC1. The standard InChI is InChI=1S/C13H24N2O/c14-12-7-3-6-11(12)8-13(16)15-9-10-4-1-2-5-10/h10-12H,1-9,14H2,(H,15,16)/t11-,12+/m0/s1. The normalized spacial score (nSPS) is 30.8. The molecule has 0 bridgehead atoms. The molecule has 16 heavy (non-hydrogen) atoms. The van der Waals surface area contributed by atoms with Crippen molar-refractivity contribution in [1.29, 1.82) is 0 Å². The minimum atomic E-state index is 0.217. The molecule has 0 aliphatic heterocycles. The van der Waals surface area contributed by atoms with Crippen LogP contribution in [-0.4, -0.2) is 18.5 Å². The van der Waals surface area contributed by atoms with Gasteiger partial charge in [0.15, 0.2) is 0 Å². The lowest BCUT2D eigenvalue weighted by Gasteiger charge is -2.16. The fourth-order valence-electron chi connectivity index (χ4n) is 3.10. The van der Waals surface area contributed by atoms with Gasteiger partial charge in [-0.05, 0) is 37.5 Å². The van der Waals surface area contributed by atoms with Gasteiger partial charge in [0.25, 0.3) is 0 Å². The first kappa shape index (κ1) is 11.9. The first-order valence-electron chi connectivity index (χ1n) is 6.78. The molecule has 3 N–H and O–H groups in total. The molecular formula is C13H24N2O. The summed E-state index contributed by atoms with van der Waals surface area (Å²) in [5, 5.41) is 3.08. The first-order chi connectivity index (χ1) is 7.75. The van der Waals surface area contributed by atoms with Gasteiger partial charge in [-0.3, -0.25) is 4.79 Å². The summed E-state index contributed by atoms with van der Waals surface area (Å²) in [7, 11) is 0. The Morgan fingerprint density at radius 2 is 1.88 bits per heavy atom. The fourth-order valence-corrected chi connectivity index (χ4v) is 3.10. The molecule has 2 aliphatic rings. The smallest absolute Gasteiger partial charge is 0.220 e. The zero-order chi connectivity index (χ0) is 11.4. The number of rotatable bonds is 4. The van der Waals surface area contributed by atoms with Gasteiger partial charge < -0.3 is 11.1 Å². The molecule has 2 aliphatic carbocycles. The Kier molecular flexibility index (Phi) is 4.22. The van der Waals surface area contributed by atoms with E-state index in [4.69, 9.17) is 5.73 Å². The van der Waals surface area contributed by atoms with Crippen LogP contribution in [0.15, 0.2) is 0 Å². The topological polar surface area (TPSA) is 55.1 Å². The van der Waals surface area contributed by atoms with E-state index in [9.17, 15) is 4.79 Å². The fraction of sp³-hybridized carbons (Fsp3) is 0.923. The van der Waals surface area contributed by atoms with Gasteiger partial charge in [0.1, 0.15) is 0 Å². The second kappa shape index (κ2) is 5.67. The number of hydrogen-bond acceptors (Lipinski definition) is 2. The molecule has 0 saturated heterocycles. The Morgan fingerprint density at radius 1 is 1.12 bits per heavy atom. The lowest BCUT2D eigenvalue weighted by molar-refractivity contribution is -0.122. The van der Waals surface area contributed by atoms with Gasteiger partial charge in [-0.1, -0.05) is 19.3 Å². The molecule has 0 aromatic heterocycles. The zero-order valence-electron chi connectivity index (χ0n) is 10.1. The largest absolute Gasteiger partial charge is 0.356 e. The maximum Gasteiger partial charge on any atom is 0.220 e. The van der Waals surface area contributed by atoms with Crippen LogP contribution in [0.2, 0.25) is 0 Å². The maximum atomic E-state index is 11.7. The maximum absolute atomic E-state index is 11.7. The van der Waals surface area contributed by atoms with E-state index >= 15 is 0 Å². The minimum Gasteiger partial charge on any atom is -0.356 e. The zero-order valence-corrected chi connectivity index (χ0v) is 10.1. The van der Waals surface area contributed by atoms with E-state index in [-0.39, 0.29) is 11.9 Å². The van der Waals surface area contributed by atoms with Crippen molar-refractivity contribution < 1.29 is 4.79 Å². The second-order valence-electron chi connectivity index (χ2n) is 5.51. The summed E-state index contributed by atoms with van der Waals surface area (Å²) in [5.41, 5.74) is 5.97. The molecular weight excluding hydrogens is 200 g/mol. The van der Waals surface area contributed by atoms with Crippen molar-refractivity contribution >= 4 is 5.91 Å². The monoisotopic (exact) mass is 224 g/mol. The molecule has 3 nitrogen and oxygen atoms in total. The third-order valence-corrected chi connectivity index (χ3v) is 4.23. The van der Waals surface area contributed by atoms with Gasteiger partial charge in [0, 0.05) is 19.0 Å². The van der Waals surface area contributed by atoms with Crippen LogP contribution in [-0.2, 0) is 4.79 Å². The highest BCUT2D eigenvalue weighted by molar-refractivity contribution is 5.76. The molecule has 2 atom stereocenters. The molecule has 3 heteroatoms. The summed E-state index contributed by atoms with van der Waals surface area (Å²) in [6.45, 7) is 0.890. The Morgan fingerprint density at radius 3 is 2.50 bits per heavy atom. The van der Waals surface area contributed by atoms with E-state index in [0.717, 1.165) is 25.3 Å². The third kappa shape index (κ3) is 3.21. The van der Waals surface area contributed by atoms with E-state index in [1.807, 2.05) is 0 Å². The third-order valence-electron chi connectivity index (χ3n) is 4.23. The van der Waals surface area contributed by atoms with Crippen molar-refractivity contribution in [1.82, 2.24) is 5.32 Å². The van der Waals surface area contributed by atoms with E-state index < -0.39 is 0 Å². The van der Waals surface area contributed by atoms with Crippen LogP contribution in [0.3, 0.4) is 0 Å². The number of carbonyl (C=O) groups is 1. The highest BCUT2D eigenvalue weighted by Crippen LogP contribution is 2.27. The first-order valence-corrected chi connectivity index (χ1v) is 6.78. The lowest BCUT2D eigenvalue weighted by atomic mass is 9.99. The van der Waals surface area contributed by atoms with Crippen LogP contribution in [0, 0.1) is 11.8 Å². The van der Waals surface area contributed by atoms with Crippen molar-refractivity contribution in [3.63, 3.8) is 0 Å². The van der Waals surface area contributed by atoms with Crippen LogP contribution >= 0.6 is 0 Å². The van der Waals surface area contributed by atoms with Crippen LogP contribution in [0.25, 0.3) is 0 Å². The van der Waals surface area contributed by atoms with Crippen LogP contribution in [0.5, 0.6) is 0 Å². The minimum absolute atomic E-state index is 0.217. The van der Waals surface area contributed by atoms with E-state index in [1.165, 1.54) is 32.1 Å². The van der Waals surface area contributed by atoms with Crippen LogP contribution in [0.4, 0.5) is 0 Å². The molecule has 2 fully saturated rings. The molecule has 0 spiro atoms. The van der Waals surface area contributed by atoms with Gasteiger partial charge in [-0.2, -0.15) is 0 Å². The quantitative estimate of drug-likeness (QED) is 0.765. The number of nitrogens with two attached hydrogens (primary N) is 1. The summed E-state index contributed by atoms with van der Waals surface area (Å²) < 4.78 is 0. The molecule has 1 amide bonds. The van der Waals surface area contributed by atoms with Gasteiger partial charge in [-0.15, -0.1) is 0 Å². The summed E-state index contributed by atoms with van der Waals surface area (Å²) in [6, 6.07) is 0.261. The summed E-state index contributed by atoms with van der Waals surface area (Å²) >= 11 is 0. The highest BCUT2D eigenvalue weighted by Gasteiger charge is 2.26. The highest BCUT2D eigenvalue weighted by atomic mass is 16.1.